The summed E-state index contributed by atoms with van der Waals surface area (Å²) >= 11 is 3.30. The van der Waals surface area contributed by atoms with Crippen LogP contribution in [0, 0.1) is 17.5 Å². The number of carbonyl (C=O) groups excluding carboxylic acids is 3. The summed E-state index contributed by atoms with van der Waals surface area (Å²) in [6, 6.07) is 8.63. The number of hydrogen-bond acceptors (Lipinski definition) is 4. The van der Waals surface area contributed by atoms with E-state index in [1.54, 1.807) is 18.2 Å². The van der Waals surface area contributed by atoms with Crippen LogP contribution in [0.5, 0.6) is 0 Å². The molecule has 0 heterocycles. The number of carbonyl (C=O) groups is 3. The van der Waals surface area contributed by atoms with E-state index in [4.69, 9.17) is 4.74 Å². The van der Waals surface area contributed by atoms with Crippen LogP contribution in [0.4, 0.5) is 18.9 Å². The van der Waals surface area contributed by atoms with Crippen LogP contribution in [0.3, 0.4) is 0 Å². The van der Waals surface area contributed by atoms with Gasteiger partial charge in [0.05, 0.1) is 12.2 Å². The van der Waals surface area contributed by atoms with E-state index in [9.17, 15) is 27.6 Å². The Morgan fingerprint density at radius 3 is 2.57 bits per heavy atom. The first-order chi connectivity index (χ1) is 14.2. The number of ether oxygens (including phenoxy) is 1. The van der Waals surface area contributed by atoms with Crippen molar-refractivity contribution in [2.75, 3.05) is 11.9 Å². The first-order valence-electron chi connectivity index (χ1n) is 8.52. The largest absolute Gasteiger partial charge is 0.449 e. The quantitative estimate of drug-likeness (QED) is 0.357. The molecule has 0 aliphatic rings. The number of nitrogens with one attached hydrogen (secondary N) is 2. The Labute approximate surface area is 178 Å². The van der Waals surface area contributed by atoms with Crippen molar-refractivity contribution < 1.29 is 32.3 Å². The molecule has 0 saturated heterocycles. The Morgan fingerprint density at radius 2 is 1.87 bits per heavy atom. The third-order valence-electron chi connectivity index (χ3n) is 3.66. The van der Waals surface area contributed by atoms with Crippen LogP contribution >= 0.6 is 15.9 Å². The molecule has 0 aromatic heterocycles. The van der Waals surface area contributed by atoms with Crippen LogP contribution in [0.25, 0.3) is 6.08 Å². The fourth-order valence-corrected chi connectivity index (χ4v) is 2.59. The molecule has 2 aromatic rings. The maximum atomic E-state index is 13.5. The lowest BCUT2D eigenvalue weighted by atomic mass is 10.2. The molecule has 2 aromatic carbocycles. The first kappa shape index (κ1) is 23.1. The third kappa shape index (κ3) is 6.73. The van der Waals surface area contributed by atoms with E-state index in [1.165, 1.54) is 13.0 Å². The van der Waals surface area contributed by atoms with Gasteiger partial charge in [0, 0.05) is 10.5 Å². The number of hydrogen-bond donors (Lipinski definition) is 2. The highest BCUT2D eigenvalue weighted by molar-refractivity contribution is 9.10. The molecule has 0 fully saturated rings. The maximum absolute atomic E-state index is 13.5. The average Bonchev–Trinajstić information content (AvgIpc) is 2.71. The minimum Gasteiger partial charge on any atom is -0.449 e. The topological polar surface area (TPSA) is 84.5 Å². The lowest BCUT2D eigenvalue weighted by molar-refractivity contribution is -0.150. The minimum absolute atomic E-state index is 0.578. The van der Waals surface area contributed by atoms with Crippen molar-refractivity contribution in [2.45, 2.75) is 13.0 Å². The van der Waals surface area contributed by atoms with Gasteiger partial charge in [0.15, 0.2) is 23.6 Å². The van der Waals surface area contributed by atoms with Crippen molar-refractivity contribution in [3.05, 3.63) is 70.0 Å². The van der Waals surface area contributed by atoms with E-state index in [1.807, 2.05) is 11.4 Å². The van der Waals surface area contributed by atoms with E-state index in [0.717, 1.165) is 22.2 Å². The predicted molar refractivity (Wildman–Crippen MR) is 107 cm³/mol. The predicted octanol–water partition coefficient (Wildman–Crippen LogP) is 3.57. The summed E-state index contributed by atoms with van der Waals surface area (Å²) in [5.74, 6) is -7.13. The third-order valence-corrected chi connectivity index (χ3v) is 4.15. The van der Waals surface area contributed by atoms with Crippen LogP contribution in [0.15, 0.2) is 46.9 Å². The van der Waals surface area contributed by atoms with Gasteiger partial charge in [0.2, 0.25) is 5.91 Å². The molecule has 10 heteroatoms. The van der Waals surface area contributed by atoms with Gasteiger partial charge in [0.25, 0.3) is 5.91 Å². The van der Waals surface area contributed by atoms with Crippen molar-refractivity contribution in [3.63, 3.8) is 0 Å². The molecule has 2 N–H and O–H groups in total. The van der Waals surface area contributed by atoms with Gasteiger partial charge in [-0.1, -0.05) is 28.1 Å². The molecule has 6 nitrogen and oxygen atoms in total. The van der Waals surface area contributed by atoms with Crippen molar-refractivity contribution in [2.24, 2.45) is 0 Å². The Balaban J connectivity index is 1.81. The molecule has 1 atom stereocenters. The Morgan fingerprint density at radius 1 is 1.13 bits per heavy atom. The van der Waals surface area contributed by atoms with Crippen LogP contribution in [-0.2, 0) is 19.1 Å². The summed E-state index contributed by atoms with van der Waals surface area (Å²) < 4.78 is 45.3. The maximum Gasteiger partial charge on any atom is 0.331 e. The molecule has 0 aliphatic heterocycles. The van der Waals surface area contributed by atoms with Crippen molar-refractivity contribution in [3.8, 4) is 0 Å². The van der Waals surface area contributed by atoms with E-state index < -0.39 is 53.6 Å². The van der Waals surface area contributed by atoms with Crippen LogP contribution in [0.2, 0.25) is 0 Å². The Bertz CT molecular complexity index is 998. The summed E-state index contributed by atoms with van der Waals surface area (Å²) in [5, 5.41) is 4.18. The number of amides is 2. The summed E-state index contributed by atoms with van der Waals surface area (Å²) in [5.41, 5.74) is 0.157. The molecule has 0 aliphatic carbocycles. The van der Waals surface area contributed by atoms with Crippen molar-refractivity contribution >= 4 is 45.5 Å². The van der Waals surface area contributed by atoms with Crippen molar-refractivity contribution in [1.29, 1.82) is 0 Å². The SMILES string of the molecule is CC(OC(=O)C=Cc1cccc(Br)c1)C(=O)NCC(=O)Nc1ccc(F)c(F)c1F. The zero-order valence-electron chi connectivity index (χ0n) is 15.5. The Kier molecular flexibility index (Phi) is 8.16. The normalized spacial score (nSPS) is 11.8. The molecule has 1 unspecified atom stereocenters. The van der Waals surface area contributed by atoms with Crippen LogP contribution in [-0.4, -0.2) is 30.4 Å². The number of halogens is 4. The number of benzene rings is 2. The lowest BCUT2D eigenvalue weighted by Crippen LogP contribution is -2.40. The molecule has 2 rings (SSSR count). The molecule has 158 valence electrons. The fraction of sp³-hybridized carbons (Fsp3) is 0.150. The van der Waals surface area contributed by atoms with Gasteiger partial charge in [-0.3, -0.25) is 9.59 Å². The molecule has 0 radical (unpaired) electrons. The van der Waals surface area contributed by atoms with Gasteiger partial charge in [-0.2, -0.15) is 0 Å². The van der Waals surface area contributed by atoms with Gasteiger partial charge in [-0.25, -0.2) is 18.0 Å². The molecule has 0 bridgehead atoms. The highest BCUT2D eigenvalue weighted by Crippen LogP contribution is 2.19. The zero-order valence-corrected chi connectivity index (χ0v) is 17.1. The van der Waals surface area contributed by atoms with Gasteiger partial charge in [0.1, 0.15) is 0 Å². The highest BCUT2D eigenvalue weighted by atomic mass is 79.9. The second kappa shape index (κ2) is 10.6. The molecule has 0 saturated carbocycles. The van der Waals surface area contributed by atoms with Gasteiger partial charge in [-0.05, 0) is 42.8 Å². The van der Waals surface area contributed by atoms with E-state index in [2.05, 4.69) is 21.2 Å². The molecule has 2 amide bonds. The smallest absolute Gasteiger partial charge is 0.331 e. The fourth-order valence-electron chi connectivity index (χ4n) is 2.17. The highest BCUT2D eigenvalue weighted by Gasteiger charge is 2.19. The van der Waals surface area contributed by atoms with Gasteiger partial charge >= 0.3 is 5.97 Å². The summed E-state index contributed by atoms with van der Waals surface area (Å²) in [7, 11) is 0. The molecule has 0 spiro atoms. The Hall–Kier alpha value is -3.14. The standard InChI is InChI=1S/C20H16BrF3N2O4/c1-11(30-17(28)8-5-12-3-2-4-13(21)9-12)20(29)25-10-16(27)26-15-7-6-14(22)18(23)19(15)24/h2-9,11H,10H2,1H3,(H,25,29)(H,26,27). The summed E-state index contributed by atoms with van der Waals surface area (Å²) in [6.07, 6.45) is 1.43. The lowest BCUT2D eigenvalue weighted by Gasteiger charge is -2.12. The monoisotopic (exact) mass is 484 g/mol. The number of anilines is 1. The van der Waals surface area contributed by atoms with E-state index in [0.29, 0.717) is 6.07 Å². The molecule has 30 heavy (non-hydrogen) atoms. The van der Waals surface area contributed by atoms with Gasteiger partial charge < -0.3 is 15.4 Å². The van der Waals surface area contributed by atoms with Crippen LogP contribution in [0.1, 0.15) is 12.5 Å². The van der Waals surface area contributed by atoms with E-state index >= 15 is 0 Å². The van der Waals surface area contributed by atoms with Gasteiger partial charge in [-0.15, -0.1) is 0 Å². The summed E-state index contributed by atoms with van der Waals surface area (Å²) in [4.78, 5) is 35.5. The number of rotatable bonds is 7. The molecular formula is C20H16BrF3N2O4. The average molecular weight is 485 g/mol. The number of esters is 1. The minimum atomic E-state index is -1.73. The zero-order chi connectivity index (χ0) is 22.3. The second-order valence-corrected chi connectivity index (χ2v) is 6.87. The van der Waals surface area contributed by atoms with E-state index in [-0.39, 0.29) is 0 Å². The van der Waals surface area contributed by atoms with Crippen LogP contribution < -0.4 is 10.6 Å². The summed E-state index contributed by atoms with van der Waals surface area (Å²) in [6.45, 7) is 0.695. The molecular weight excluding hydrogens is 469 g/mol. The van der Waals surface area contributed by atoms with Crippen molar-refractivity contribution in [1.82, 2.24) is 5.32 Å². The second-order valence-electron chi connectivity index (χ2n) is 5.96. The first-order valence-corrected chi connectivity index (χ1v) is 9.32.